The van der Waals surface area contributed by atoms with Gasteiger partial charge in [0, 0.05) is 6.54 Å². The van der Waals surface area contributed by atoms with Gasteiger partial charge in [-0.15, -0.1) is 0 Å². The van der Waals surface area contributed by atoms with Crippen LogP contribution in [-0.2, 0) is 9.59 Å². The number of amides is 2. The van der Waals surface area contributed by atoms with Crippen LogP contribution in [0.15, 0.2) is 54.6 Å². The Morgan fingerprint density at radius 3 is 2.52 bits per heavy atom. The number of anilines is 1. The zero-order chi connectivity index (χ0) is 20.6. The Labute approximate surface area is 171 Å². The molecule has 0 unspecified atom stereocenters. The number of fused-ring (bicyclic) bond motifs is 1. The predicted molar refractivity (Wildman–Crippen MR) is 112 cm³/mol. The Morgan fingerprint density at radius 1 is 1.03 bits per heavy atom. The van der Waals surface area contributed by atoms with Gasteiger partial charge in [0.1, 0.15) is 24.4 Å². The van der Waals surface area contributed by atoms with E-state index >= 15 is 0 Å². The van der Waals surface area contributed by atoms with Crippen molar-refractivity contribution < 1.29 is 14.3 Å². The second-order valence-corrected chi connectivity index (χ2v) is 7.07. The lowest BCUT2D eigenvalue weighted by molar-refractivity contribution is -0.125. The highest BCUT2D eigenvalue weighted by atomic mass is 16.5. The maximum absolute atomic E-state index is 13.2. The normalized spacial score (nSPS) is 18.6. The van der Waals surface area contributed by atoms with Crippen LogP contribution in [0.1, 0.15) is 30.9 Å². The largest absolute Gasteiger partial charge is 0.481 e. The van der Waals surface area contributed by atoms with Crippen molar-refractivity contribution in [2.24, 2.45) is 11.5 Å². The van der Waals surface area contributed by atoms with E-state index in [4.69, 9.17) is 16.2 Å². The summed E-state index contributed by atoms with van der Waals surface area (Å²) in [5, 5.41) is 2.86. The molecule has 2 aromatic rings. The molecule has 1 heterocycles. The fourth-order valence-corrected chi connectivity index (χ4v) is 3.37. The van der Waals surface area contributed by atoms with E-state index in [9.17, 15) is 9.59 Å². The standard InChI is InChI=1S/C22H28N4O3/c23-13-7-2-8-14-25-19(27)15-26-17-11-5-6-12-18(17)29-21(20(24)22(26)28)16-9-3-1-4-10-16/h1,3-6,9-12,20-21H,2,7-8,13-15,23-24H2,(H,25,27)/t20-,21+/m1/s1. The SMILES string of the molecule is NCCCCCNC(=O)CN1C(=O)[C@H](N)[C@H](c2ccccc2)Oc2ccccc21. The number of nitrogens with two attached hydrogens (primary N) is 2. The molecule has 29 heavy (non-hydrogen) atoms. The van der Waals surface area contributed by atoms with Gasteiger partial charge in [0.25, 0.3) is 0 Å². The summed E-state index contributed by atoms with van der Waals surface area (Å²) in [4.78, 5) is 27.0. The molecule has 0 radical (unpaired) electrons. The van der Waals surface area contributed by atoms with E-state index in [1.165, 1.54) is 4.90 Å². The van der Waals surface area contributed by atoms with Crippen LogP contribution in [0.5, 0.6) is 5.75 Å². The number of nitrogens with one attached hydrogen (secondary N) is 1. The van der Waals surface area contributed by atoms with Crippen LogP contribution < -0.4 is 26.4 Å². The highest BCUT2D eigenvalue weighted by Crippen LogP contribution is 2.37. The van der Waals surface area contributed by atoms with Crippen LogP contribution >= 0.6 is 0 Å². The van der Waals surface area contributed by atoms with Gasteiger partial charge in [0.05, 0.1) is 5.69 Å². The summed E-state index contributed by atoms with van der Waals surface area (Å²) < 4.78 is 6.13. The van der Waals surface area contributed by atoms with Crippen molar-refractivity contribution in [1.82, 2.24) is 5.32 Å². The van der Waals surface area contributed by atoms with Crippen LogP contribution in [0.4, 0.5) is 5.69 Å². The molecule has 0 fully saturated rings. The van der Waals surface area contributed by atoms with E-state index < -0.39 is 12.1 Å². The third-order valence-corrected chi connectivity index (χ3v) is 4.92. The van der Waals surface area contributed by atoms with E-state index in [0.717, 1.165) is 24.8 Å². The van der Waals surface area contributed by atoms with Gasteiger partial charge in [-0.1, -0.05) is 48.9 Å². The summed E-state index contributed by atoms with van der Waals surface area (Å²) in [6.45, 7) is 1.09. The van der Waals surface area contributed by atoms with E-state index in [0.29, 0.717) is 24.5 Å². The van der Waals surface area contributed by atoms with Gasteiger partial charge in [0.15, 0.2) is 0 Å². The smallest absolute Gasteiger partial charge is 0.248 e. The van der Waals surface area contributed by atoms with Crippen molar-refractivity contribution in [2.75, 3.05) is 24.5 Å². The van der Waals surface area contributed by atoms with E-state index in [-0.39, 0.29) is 18.4 Å². The summed E-state index contributed by atoms with van der Waals surface area (Å²) in [5.74, 6) is -0.0493. The second-order valence-electron chi connectivity index (χ2n) is 7.07. The molecule has 154 valence electrons. The summed E-state index contributed by atoms with van der Waals surface area (Å²) in [6.07, 6.45) is 2.11. The predicted octanol–water partition coefficient (Wildman–Crippen LogP) is 1.73. The van der Waals surface area contributed by atoms with Crippen molar-refractivity contribution >= 4 is 17.5 Å². The Bertz CT molecular complexity index is 828. The minimum atomic E-state index is -0.929. The van der Waals surface area contributed by atoms with Crippen molar-refractivity contribution in [3.63, 3.8) is 0 Å². The number of carbonyl (C=O) groups excluding carboxylic acids is 2. The topological polar surface area (TPSA) is 111 Å². The molecule has 0 bridgehead atoms. The molecule has 1 aliphatic rings. The number of benzene rings is 2. The lowest BCUT2D eigenvalue weighted by Gasteiger charge is -2.24. The zero-order valence-corrected chi connectivity index (χ0v) is 16.4. The van der Waals surface area contributed by atoms with Crippen molar-refractivity contribution in [3.8, 4) is 5.75 Å². The molecule has 2 atom stereocenters. The monoisotopic (exact) mass is 396 g/mol. The van der Waals surface area contributed by atoms with Crippen LogP contribution in [0.2, 0.25) is 0 Å². The third-order valence-electron chi connectivity index (χ3n) is 4.92. The third kappa shape index (κ3) is 5.13. The van der Waals surface area contributed by atoms with Crippen LogP contribution in [0.3, 0.4) is 0 Å². The number of nitrogens with zero attached hydrogens (tertiary/aromatic N) is 1. The van der Waals surface area contributed by atoms with Gasteiger partial charge in [-0.2, -0.15) is 0 Å². The van der Waals surface area contributed by atoms with E-state index in [1.54, 1.807) is 12.1 Å². The van der Waals surface area contributed by atoms with Gasteiger partial charge in [0.2, 0.25) is 11.8 Å². The van der Waals surface area contributed by atoms with E-state index in [1.807, 2.05) is 42.5 Å². The Kier molecular flexibility index (Phi) is 7.21. The van der Waals surface area contributed by atoms with Gasteiger partial charge >= 0.3 is 0 Å². The number of unbranched alkanes of at least 4 members (excludes halogenated alkanes) is 2. The van der Waals surface area contributed by atoms with E-state index in [2.05, 4.69) is 5.32 Å². The molecule has 0 saturated carbocycles. The maximum Gasteiger partial charge on any atom is 0.248 e. The molecule has 0 spiro atoms. The summed E-state index contributed by atoms with van der Waals surface area (Å²) >= 11 is 0. The lowest BCUT2D eigenvalue weighted by atomic mass is 10.0. The summed E-state index contributed by atoms with van der Waals surface area (Å²) in [6, 6.07) is 15.7. The highest BCUT2D eigenvalue weighted by molar-refractivity contribution is 6.03. The molecular formula is C22H28N4O3. The highest BCUT2D eigenvalue weighted by Gasteiger charge is 2.37. The Morgan fingerprint density at radius 2 is 1.76 bits per heavy atom. The fraction of sp³-hybridized carbons (Fsp3) is 0.364. The average molecular weight is 396 g/mol. The first-order valence-electron chi connectivity index (χ1n) is 9.96. The summed E-state index contributed by atoms with van der Waals surface area (Å²) in [7, 11) is 0. The van der Waals surface area contributed by atoms with Crippen LogP contribution in [-0.4, -0.2) is 37.5 Å². The molecule has 2 amide bonds. The molecule has 2 aromatic carbocycles. The van der Waals surface area contributed by atoms with Crippen molar-refractivity contribution in [1.29, 1.82) is 0 Å². The number of carbonyl (C=O) groups is 2. The first-order valence-corrected chi connectivity index (χ1v) is 9.96. The first-order chi connectivity index (χ1) is 14.1. The molecule has 1 aliphatic heterocycles. The maximum atomic E-state index is 13.2. The minimum absolute atomic E-state index is 0.106. The Hall–Kier alpha value is -2.90. The molecular weight excluding hydrogens is 368 g/mol. The van der Waals surface area contributed by atoms with Gasteiger partial charge in [-0.25, -0.2) is 0 Å². The first kappa shape index (κ1) is 20.8. The molecule has 0 aliphatic carbocycles. The quantitative estimate of drug-likeness (QED) is 0.589. The number of para-hydroxylation sites is 2. The zero-order valence-electron chi connectivity index (χ0n) is 16.4. The number of rotatable bonds is 8. The minimum Gasteiger partial charge on any atom is -0.481 e. The van der Waals surface area contributed by atoms with Gasteiger partial charge < -0.3 is 21.5 Å². The molecule has 7 nitrogen and oxygen atoms in total. The van der Waals surface area contributed by atoms with Crippen LogP contribution in [0, 0.1) is 0 Å². The van der Waals surface area contributed by atoms with Crippen LogP contribution in [0.25, 0.3) is 0 Å². The second kappa shape index (κ2) is 10.0. The molecule has 0 saturated heterocycles. The Balaban J connectivity index is 1.77. The molecule has 5 N–H and O–H groups in total. The van der Waals surface area contributed by atoms with Crippen molar-refractivity contribution in [3.05, 3.63) is 60.2 Å². The van der Waals surface area contributed by atoms with Gasteiger partial charge in [-0.05, 0) is 37.1 Å². The average Bonchev–Trinajstić information content (AvgIpc) is 2.85. The van der Waals surface area contributed by atoms with Gasteiger partial charge in [-0.3, -0.25) is 14.5 Å². The number of hydrogen-bond acceptors (Lipinski definition) is 5. The fourth-order valence-electron chi connectivity index (χ4n) is 3.37. The summed E-state index contributed by atoms with van der Waals surface area (Å²) in [5.41, 5.74) is 13.1. The number of hydrogen-bond donors (Lipinski definition) is 3. The lowest BCUT2D eigenvalue weighted by Crippen LogP contribution is -2.49. The number of ether oxygens (including phenoxy) is 1. The molecule has 3 rings (SSSR count). The van der Waals surface area contributed by atoms with Crippen molar-refractivity contribution in [2.45, 2.75) is 31.4 Å². The molecule has 0 aromatic heterocycles. The molecule has 7 heteroatoms.